The van der Waals surface area contributed by atoms with Gasteiger partial charge in [0.1, 0.15) is 16.5 Å². The Labute approximate surface area is 132 Å². The van der Waals surface area contributed by atoms with E-state index in [-0.39, 0.29) is 0 Å². The first-order valence-corrected chi connectivity index (χ1v) is 8.57. The van der Waals surface area contributed by atoms with Gasteiger partial charge in [-0.1, -0.05) is 0 Å². The Balaban J connectivity index is 1.69. The lowest BCUT2D eigenvalue weighted by Gasteiger charge is -2.18. The number of hydrogen-bond acceptors (Lipinski definition) is 5. The maximum Gasteiger partial charge on any atom is 0.141 e. The van der Waals surface area contributed by atoms with Gasteiger partial charge in [-0.05, 0) is 48.9 Å². The number of anilines is 1. The van der Waals surface area contributed by atoms with E-state index < -0.39 is 0 Å². The molecule has 1 aliphatic carbocycles. The highest BCUT2D eigenvalue weighted by molar-refractivity contribution is 7.19. The first kappa shape index (κ1) is 12.5. The largest absolute Gasteiger partial charge is 0.347 e. The fourth-order valence-corrected chi connectivity index (χ4v) is 4.98. The second-order valence-corrected chi connectivity index (χ2v) is 7.22. The molecule has 5 rings (SSSR count). The van der Waals surface area contributed by atoms with Crippen LogP contribution in [-0.2, 0) is 25.9 Å². The van der Waals surface area contributed by atoms with Crippen LogP contribution in [0.2, 0.25) is 0 Å². The van der Waals surface area contributed by atoms with Crippen LogP contribution in [0, 0.1) is 6.92 Å². The molecule has 0 N–H and O–H groups in total. The third-order valence-electron chi connectivity index (χ3n) is 4.68. The first-order chi connectivity index (χ1) is 10.8. The van der Waals surface area contributed by atoms with Crippen molar-refractivity contribution in [3.05, 3.63) is 45.9 Å². The molecule has 0 atom stereocenters. The van der Waals surface area contributed by atoms with E-state index in [1.807, 2.05) is 30.7 Å². The molecule has 0 unspecified atom stereocenters. The van der Waals surface area contributed by atoms with Gasteiger partial charge in [0, 0.05) is 30.4 Å². The molecule has 0 bridgehead atoms. The summed E-state index contributed by atoms with van der Waals surface area (Å²) < 4.78 is 0. The lowest BCUT2D eigenvalue weighted by atomic mass is 10.2. The van der Waals surface area contributed by atoms with E-state index in [1.165, 1.54) is 51.0 Å². The summed E-state index contributed by atoms with van der Waals surface area (Å²) in [7, 11) is 0. The molecular weight excluding hydrogens is 292 g/mol. The maximum atomic E-state index is 4.82. The number of pyridine rings is 1. The minimum Gasteiger partial charge on any atom is -0.347 e. The van der Waals surface area contributed by atoms with E-state index in [9.17, 15) is 0 Å². The van der Waals surface area contributed by atoms with Gasteiger partial charge in [0.2, 0.25) is 0 Å². The minimum atomic E-state index is 0.872. The highest BCUT2D eigenvalue weighted by atomic mass is 32.1. The summed E-state index contributed by atoms with van der Waals surface area (Å²) >= 11 is 1.87. The van der Waals surface area contributed by atoms with Crippen molar-refractivity contribution >= 4 is 27.4 Å². The van der Waals surface area contributed by atoms with E-state index in [2.05, 4.69) is 20.9 Å². The Morgan fingerprint density at radius 1 is 1.14 bits per heavy atom. The molecule has 0 aromatic carbocycles. The summed E-state index contributed by atoms with van der Waals surface area (Å²) in [5.41, 5.74) is 4.19. The van der Waals surface area contributed by atoms with Crippen molar-refractivity contribution in [3.8, 4) is 0 Å². The van der Waals surface area contributed by atoms with Crippen LogP contribution in [0.15, 0.2) is 18.5 Å². The monoisotopic (exact) mass is 308 g/mol. The normalized spacial score (nSPS) is 16.3. The summed E-state index contributed by atoms with van der Waals surface area (Å²) in [5.74, 6) is 2.00. The zero-order valence-corrected chi connectivity index (χ0v) is 13.3. The second-order valence-electron chi connectivity index (χ2n) is 6.13. The van der Waals surface area contributed by atoms with Crippen molar-refractivity contribution in [2.45, 2.75) is 39.3 Å². The number of aryl methyl sites for hydroxylation is 3. The molecule has 0 saturated heterocycles. The highest BCUT2D eigenvalue weighted by Gasteiger charge is 2.27. The van der Waals surface area contributed by atoms with Crippen LogP contribution in [0.25, 0.3) is 10.2 Å². The summed E-state index contributed by atoms with van der Waals surface area (Å²) in [5, 5.41) is 1.31. The zero-order chi connectivity index (χ0) is 14.7. The molecule has 4 nitrogen and oxygen atoms in total. The molecule has 110 valence electrons. The van der Waals surface area contributed by atoms with Gasteiger partial charge in [0.15, 0.2) is 0 Å². The number of thiophene rings is 1. The van der Waals surface area contributed by atoms with E-state index in [0.717, 1.165) is 24.7 Å². The Morgan fingerprint density at radius 3 is 2.95 bits per heavy atom. The topological polar surface area (TPSA) is 41.9 Å². The molecule has 3 aromatic rings. The molecule has 22 heavy (non-hydrogen) atoms. The number of fused-ring (bicyclic) bond motifs is 4. The van der Waals surface area contributed by atoms with Gasteiger partial charge in [-0.15, -0.1) is 11.3 Å². The highest BCUT2D eigenvalue weighted by Crippen LogP contribution is 2.42. The fourth-order valence-electron chi connectivity index (χ4n) is 3.68. The Kier molecular flexibility index (Phi) is 2.56. The van der Waals surface area contributed by atoms with Gasteiger partial charge in [-0.2, -0.15) is 0 Å². The SMILES string of the molecule is Cc1nc(N2Cc3ccncc3C2)c2c3c(sc2n1)CCC3. The van der Waals surface area contributed by atoms with Crippen molar-refractivity contribution in [2.75, 3.05) is 4.90 Å². The smallest absolute Gasteiger partial charge is 0.141 e. The van der Waals surface area contributed by atoms with Gasteiger partial charge in [0.05, 0.1) is 5.39 Å². The number of hydrogen-bond donors (Lipinski definition) is 0. The summed E-state index contributed by atoms with van der Waals surface area (Å²) in [6, 6.07) is 2.12. The Morgan fingerprint density at radius 2 is 2.05 bits per heavy atom. The average molecular weight is 308 g/mol. The third-order valence-corrected chi connectivity index (χ3v) is 5.87. The molecule has 2 aliphatic rings. The van der Waals surface area contributed by atoms with Crippen LogP contribution in [0.3, 0.4) is 0 Å². The lowest BCUT2D eigenvalue weighted by Crippen LogP contribution is -2.17. The second kappa shape index (κ2) is 4.49. The lowest BCUT2D eigenvalue weighted by molar-refractivity contribution is 0.850. The molecule has 0 saturated carbocycles. The quantitative estimate of drug-likeness (QED) is 0.691. The average Bonchev–Trinajstić information content (AvgIpc) is 3.18. The third kappa shape index (κ3) is 1.72. The van der Waals surface area contributed by atoms with E-state index in [4.69, 9.17) is 4.98 Å². The van der Waals surface area contributed by atoms with Crippen molar-refractivity contribution in [1.29, 1.82) is 0 Å². The van der Waals surface area contributed by atoms with E-state index in [0.29, 0.717) is 0 Å². The fraction of sp³-hybridized carbons (Fsp3) is 0.353. The standard InChI is InChI=1S/C17H16N4S/c1-10-19-16(21-8-11-5-6-18-7-12(11)9-21)15-13-3-2-4-14(13)22-17(15)20-10/h5-7H,2-4,8-9H2,1H3. The van der Waals surface area contributed by atoms with Crippen molar-refractivity contribution in [3.63, 3.8) is 0 Å². The van der Waals surface area contributed by atoms with Crippen LogP contribution in [0.5, 0.6) is 0 Å². The van der Waals surface area contributed by atoms with Gasteiger partial charge in [-0.3, -0.25) is 4.98 Å². The van der Waals surface area contributed by atoms with Crippen molar-refractivity contribution in [1.82, 2.24) is 15.0 Å². The molecule has 0 amide bonds. The van der Waals surface area contributed by atoms with Crippen LogP contribution in [0.1, 0.15) is 33.8 Å². The molecule has 3 aromatic heterocycles. The van der Waals surface area contributed by atoms with Gasteiger partial charge < -0.3 is 4.90 Å². The van der Waals surface area contributed by atoms with E-state index in [1.54, 1.807) is 0 Å². The number of nitrogens with zero attached hydrogens (tertiary/aromatic N) is 4. The van der Waals surface area contributed by atoms with Crippen molar-refractivity contribution in [2.24, 2.45) is 0 Å². The summed E-state index contributed by atoms with van der Waals surface area (Å²) in [6.45, 7) is 3.83. The van der Waals surface area contributed by atoms with Gasteiger partial charge >= 0.3 is 0 Å². The predicted octanol–water partition coefficient (Wildman–Crippen LogP) is 3.40. The first-order valence-electron chi connectivity index (χ1n) is 7.75. The Hall–Kier alpha value is -2.01. The van der Waals surface area contributed by atoms with E-state index >= 15 is 0 Å². The summed E-state index contributed by atoms with van der Waals surface area (Å²) in [4.78, 5) is 18.8. The number of aromatic nitrogens is 3. The summed E-state index contributed by atoms with van der Waals surface area (Å²) in [6.07, 6.45) is 7.52. The van der Waals surface area contributed by atoms with Crippen LogP contribution < -0.4 is 4.90 Å². The minimum absolute atomic E-state index is 0.872. The van der Waals surface area contributed by atoms with Gasteiger partial charge in [-0.25, -0.2) is 9.97 Å². The maximum absolute atomic E-state index is 4.82. The molecule has 0 radical (unpaired) electrons. The molecule has 5 heteroatoms. The molecule has 4 heterocycles. The zero-order valence-electron chi connectivity index (χ0n) is 12.5. The van der Waals surface area contributed by atoms with Crippen LogP contribution in [0.4, 0.5) is 5.82 Å². The van der Waals surface area contributed by atoms with Gasteiger partial charge in [0.25, 0.3) is 0 Å². The molecule has 0 spiro atoms. The number of rotatable bonds is 1. The molecular formula is C17H16N4S. The Bertz CT molecular complexity index is 874. The molecule has 1 aliphatic heterocycles. The van der Waals surface area contributed by atoms with Crippen LogP contribution in [-0.4, -0.2) is 15.0 Å². The van der Waals surface area contributed by atoms with Crippen LogP contribution >= 0.6 is 11.3 Å². The molecule has 0 fully saturated rings. The predicted molar refractivity (Wildman–Crippen MR) is 88.3 cm³/mol. The van der Waals surface area contributed by atoms with Crippen molar-refractivity contribution < 1.29 is 0 Å².